The van der Waals surface area contributed by atoms with Gasteiger partial charge in [0, 0.05) is 17.8 Å². The molecule has 0 saturated carbocycles. The van der Waals surface area contributed by atoms with Gasteiger partial charge in [0.15, 0.2) is 0 Å². The largest absolute Gasteiger partial charge is 0.324 e. The van der Waals surface area contributed by atoms with Crippen LogP contribution in [0.3, 0.4) is 0 Å². The van der Waals surface area contributed by atoms with Crippen molar-refractivity contribution in [3.63, 3.8) is 0 Å². The van der Waals surface area contributed by atoms with E-state index >= 15 is 0 Å². The predicted molar refractivity (Wildman–Crippen MR) is 83.8 cm³/mol. The summed E-state index contributed by atoms with van der Waals surface area (Å²) in [7, 11) is 0. The van der Waals surface area contributed by atoms with Crippen molar-refractivity contribution in [1.29, 1.82) is 0 Å². The van der Waals surface area contributed by atoms with E-state index in [9.17, 15) is 0 Å². The lowest BCUT2D eigenvalue weighted by atomic mass is 10.0. The molecule has 1 aromatic carbocycles. The van der Waals surface area contributed by atoms with Gasteiger partial charge in [-0.2, -0.15) is 5.10 Å². The second-order valence-electron chi connectivity index (χ2n) is 5.09. The first-order chi connectivity index (χ1) is 9.81. The van der Waals surface area contributed by atoms with E-state index in [1.807, 2.05) is 53.5 Å². The molecule has 1 unspecified atom stereocenters. The van der Waals surface area contributed by atoms with E-state index in [0.29, 0.717) is 0 Å². The second-order valence-corrected chi connectivity index (χ2v) is 5.09. The Morgan fingerprint density at radius 1 is 1.20 bits per heavy atom. The lowest BCUT2D eigenvalue weighted by Crippen LogP contribution is -2.09. The summed E-state index contributed by atoms with van der Waals surface area (Å²) in [6.45, 7) is 3.74. The average molecular weight is 269 g/mol. The quantitative estimate of drug-likeness (QED) is 0.581. The normalized spacial score (nSPS) is 12.2. The molecule has 0 aliphatic heterocycles. The Bertz CT molecular complexity index is 516. The molecule has 0 saturated heterocycles. The summed E-state index contributed by atoms with van der Waals surface area (Å²) in [5.41, 5.74) is 8.40. The first-order valence-corrected chi connectivity index (χ1v) is 7.27. The number of unbranched alkanes of at least 4 members (excludes halogenated alkanes) is 3. The Kier molecular flexibility index (Phi) is 5.56. The van der Waals surface area contributed by atoms with Gasteiger partial charge in [0.25, 0.3) is 0 Å². The summed E-state index contributed by atoms with van der Waals surface area (Å²) >= 11 is 0. The van der Waals surface area contributed by atoms with Crippen LogP contribution >= 0.6 is 0 Å². The van der Waals surface area contributed by atoms with Gasteiger partial charge in [-0.15, -0.1) is 6.58 Å². The molecule has 20 heavy (non-hydrogen) atoms. The van der Waals surface area contributed by atoms with Crippen LogP contribution in [-0.4, -0.2) is 9.78 Å². The monoisotopic (exact) mass is 269 g/mol. The fourth-order valence-electron chi connectivity index (χ4n) is 2.25. The van der Waals surface area contributed by atoms with Gasteiger partial charge in [0.1, 0.15) is 0 Å². The third-order valence-electron chi connectivity index (χ3n) is 3.47. The summed E-state index contributed by atoms with van der Waals surface area (Å²) in [4.78, 5) is 0. The van der Waals surface area contributed by atoms with E-state index in [0.717, 1.165) is 30.5 Å². The standard InChI is InChI=1S/C17H23N3/c1-2-3-4-5-9-12-17(18)15-13-19-20(14-15)16-10-7-6-8-11-16/h2,6-8,10-11,13-14,17H,1,3-5,9,12,18H2. The molecule has 3 heteroatoms. The topological polar surface area (TPSA) is 43.8 Å². The Labute approximate surface area is 121 Å². The Balaban J connectivity index is 1.87. The maximum absolute atomic E-state index is 6.23. The molecule has 0 spiro atoms. The molecule has 2 aromatic rings. The number of para-hydroxylation sites is 1. The summed E-state index contributed by atoms with van der Waals surface area (Å²) in [5, 5.41) is 4.39. The van der Waals surface area contributed by atoms with Crippen molar-refractivity contribution in [3.05, 3.63) is 60.9 Å². The Morgan fingerprint density at radius 2 is 2.00 bits per heavy atom. The zero-order chi connectivity index (χ0) is 14.2. The minimum absolute atomic E-state index is 0.0798. The number of allylic oxidation sites excluding steroid dienone is 1. The van der Waals surface area contributed by atoms with Gasteiger partial charge in [-0.25, -0.2) is 4.68 Å². The van der Waals surface area contributed by atoms with Gasteiger partial charge in [-0.1, -0.05) is 37.1 Å². The van der Waals surface area contributed by atoms with Crippen molar-refractivity contribution in [2.75, 3.05) is 0 Å². The Morgan fingerprint density at radius 3 is 2.75 bits per heavy atom. The summed E-state index contributed by atoms with van der Waals surface area (Å²) in [6.07, 6.45) is 11.6. The molecule has 0 bridgehead atoms. The van der Waals surface area contributed by atoms with E-state index in [1.165, 1.54) is 12.8 Å². The maximum atomic E-state index is 6.23. The fraction of sp³-hybridized carbons (Fsp3) is 0.353. The molecule has 2 N–H and O–H groups in total. The number of hydrogen-bond acceptors (Lipinski definition) is 2. The van der Waals surface area contributed by atoms with Crippen LogP contribution in [0.2, 0.25) is 0 Å². The van der Waals surface area contributed by atoms with Gasteiger partial charge >= 0.3 is 0 Å². The fourth-order valence-corrected chi connectivity index (χ4v) is 2.25. The highest BCUT2D eigenvalue weighted by molar-refractivity contribution is 5.31. The number of benzene rings is 1. The second kappa shape index (κ2) is 7.65. The number of hydrogen-bond donors (Lipinski definition) is 1. The molecule has 2 rings (SSSR count). The predicted octanol–water partition coefficient (Wildman–Crippen LogP) is 4.01. The van der Waals surface area contributed by atoms with Gasteiger partial charge in [0.05, 0.1) is 11.9 Å². The van der Waals surface area contributed by atoms with Crippen molar-refractivity contribution in [1.82, 2.24) is 9.78 Å². The zero-order valence-electron chi connectivity index (χ0n) is 11.9. The number of nitrogens with two attached hydrogens (primary N) is 1. The first kappa shape index (κ1) is 14.5. The minimum Gasteiger partial charge on any atom is -0.324 e. The molecule has 0 aliphatic rings. The number of aromatic nitrogens is 2. The Hall–Kier alpha value is -1.87. The van der Waals surface area contributed by atoms with Crippen LogP contribution in [-0.2, 0) is 0 Å². The van der Waals surface area contributed by atoms with Gasteiger partial charge in [-0.3, -0.25) is 0 Å². The molecule has 1 aromatic heterocycles. The lowest BCUT2D eigenvalue weighted by molar-refractivity contribution is 0.572. The molecule has 3 nitrogen and oxygen atoms in total. The molecular weight excluding hydrogens is 246 g/mol. The van der Waals surface area contributed by atoms with Crippen LogP contribution in [0.1, 0.15) is 43.7 Å². The van der Waals surface area contributed by atoms with Gasteiger partial charge < -0.3 is 5.73 Å². The molecule has 1 atom stereocenters. The molecule has 106 valence electrons. The van der Waals surface area contributed by atoms with E-state index in [4.69, 9.17) is 5.73 Å². The third-order valence-corrected chi connectivity index (χ3v) is 3.47. The van der Waals surface area contributed by atoms with Gasteiger partial charge in [-0.05, 0) is 31.4 Å². The van der Waals surface area contributed by atoms with E-state index < -0.39 is 0 Å². The minimum atomic E-state index is 0.0798. The molecule has 0 radical (unpaired) electrons. The number of rotatable bonds is 8. The maximum Gasteiger partial charge on any atom is 0.0645 e. The van der Waals surface area contributed by atoms with Crippen LogP contribution in [0.4, 0.5) is 0 Å². The molecule has 1 heterocycles. The first-order valence-electron chi connectivity index (χ1n) is 7.27. The van der Waals surface area contributed by atoms with Crippen molar-refractivity contribution in [2.45, 2.75) is 38.1 Å². The van der Waals surface area contributed by atoms with Crippen molar-refractivity contribution < 1.29 is 0 Å². The highest BCUT2D eigenvalue weighted by Crippen LogP contribution is 2.18. The zero-order valence-corrected chi connectivity index (χ0v) is 11.9. The number of nitrogens with zero attached hydrogens (tertiary/aromatic N) is 2. The molecular formula is C17H23N3. The van der Waals surface area contributed by atoms with E-state index in [2.05, 4.69) is 11.7 Å². The summed E-state index contributed by atoms with van der Waals surface area (Å²) in [5.74, 6) is 0. The molecule has 0 fully saturated rings. The smallest absolute Gasteiger partial charge is 0.0645 e. The van der Waals surface area contributed by atoms with Crippen LogP contribution in [0.15, 0.2) is 55.4 Å². The summed E-state index contributed by atoms with van der Waals surface area (Å²) < 4.78 is 1.88. The summed E-state index contributed by atoms with van der Waals surface area (Å²) in [6, 6.07) is 10.2. The van der Waals surface area contributed by atoms with Crippen LogP contribution < -0.4 is 5.73 Å². The highest BCUT2D eigenvalue weighted by Gasteiger charge is 2.09. The van der Waals surface area contributed by atoms with Crippen LogP contribution in [0.5, 0.6) is 0 Å². The van der Waals surface area contributed by atoms with Crippen LogP contribution in [0, 0.1) is 0 Å². The SMILES string of the molecule is C=CCCCCCC(N)c1cnn(-c2ccccc2)c1. The molecule has 0 aliphatic carbocycles. The third kappa shape index (κ3) is 4.07. The lowest BCUT2D eigenvalue weighted by Gasteiger charge is -2.08. The van der Waals surface area contributed by atoms with Crippen molar-refractivity contribution >= 4 is 0 Å². The van der Waals surface area contributed by atoms with Crippen molar-refractivity contribution in [3.8, 4) is 5.69 Å². The van der Waals surface area contributed by atoms with Gasteiger partial charge in [0.2, 0.25) is 0 Å². The van der Waals surface area contributed by atoms with E-state index in [1.54, 1.807) is 0 Å². The van der Waals surface area contributed by atoms with Crippen molar-refractivity contribution in [2.24, 2.45) is 5.73 Å². The van der Waals surface area contributed by atoms with E-state index in [-0.39, 0.29) is 6.04 Å². The highest BCUT2D eigenvalue weighted by atomic mass is 15.3. The average Bonchev–Trinajstić information content (AvgIpc) is 2.98. The molecule has 0 amide bonds. The van der Waals surface area contributed by atoms with Crippen LogP contribution in [0.25, 0.3) is 5.69 Å².